The Morgan fingerprint density at radius 1 is 1.25 bits per heavy atom. The van der Waals surface area contributed by atoms with Crippen molar-refractivity contribution in [3.63, 3.8) is 0 Å². The zero-order chi connectivity index (χ0) is 17.1. The molecular formula is C17H14F2N4O. The van der Waals surface area contributed by atoms with Gasteiger partial charge in [0.25, 0.3) is 5.91 Å². The first-order chi connectivity index (χ1) is 11.5. The first-order valence-corrected chi connectivity index (χ1v) is 7.26. The van der Waals surface area contributed by atoms with Crippen molar-refractivity contribution in [3.05, 3.63) is 77.8 Å². The zero-order valence-electron chi connectivity index (χ0n) is 12.8. The van der Waals surface area contributed by atoms with Crippen LogP contribution in [0.1, 0.15) is 28.9 Å². The zero-order valence-corrected chi connectivity index (χ0v) is 12.8. The highest BCUT2D eigenvalue weighted by Crippen LogP contribution is 2.18. The maximum atomic E-state index is 13.8. The molecule has 0 aliphatic rings. The number of benzene rings is 1. The number of nitrogens with one attached hydrogen (secondary N) is 1. The minimum absolute atomic E-state index is 0.214. The molecule has 1 aromatic carbocycles. The highest BCUT2D eigenvalue weighted by atomic mass is 19.1. The van der Waals surface area contributed by atoms with Gasteiger partial charge in [0.1, 0.15) is 11.6 Å². The molecule has 1 amide bonds. The summed E-state index contributed by atoms with van der Waals surface area (Å²) in [5, 5.41) is 6.71. The molecule has 0 fully saturated rings. The fraction of sp³-hybridized carbons (Fsp3) is 0.118. The average Bonchev–Trinajstić information content (AvgIpc) is 3.09. The first-order valence-electron chi connectivity index (χ1n) is 7.26. The average molecular weight is 328 g/mol. The topological polar surface area (TPSA) is 59.8 Å². The van der Waals surface area contributed by atoms with Crippen LogP contribution in [0, 0.1) is 11.6 Å². The normalized spacial score (nSPS) is 12.0. The van der Waals surface area contributed by atoms with Gasteiger partial charge in [0.15, 0.2) is 5.82 Å². The molecule has 5 nitrogen and oxygen atoms in total. The number of aromatic nitrogens is 3. The van der Waals surface area contributed by atoms with E-state index in [-0.39, 0.29) is 5.56 Å². The summed E-state index contributed by atoms with van der Waals surface area (Å²) in [6.07, 6.45) is 4.78. The van der Waals surface area contributed by atoms with E-state index in [0.29, 0.717) is 11.4 Å². The minimum Gasteiger partial charge on any atom is -0.345 e. The maximum absolute atomic E-state index is 13.8. The van der Waals surface area contributed by atoms with Crippen LogP contribution in [-0.4, -0.2) is 20.7 Å². The van der Waals surface area contributed by atoms with Crippen LogP contribution in [-0.2, 0) is 0 Å². The Morgan fingerprint density at radius 3 is 2.71 bits per heavy atom. The number of pyridine rings is 1. The van der Waals surface area contributed by atoms with E-state index in [9.17, 15) is 13.6 Å². The van der Waals surface area contributed by atoms with Crippen LogP contribution in [0.2, 0.25) is 0 Å². The number of hydrogen-bond donors (Lipinski definition) is 1. The fourth-order valence-corrected chi connectivity index (χ4v) is 2.27. The molecule has 0 saturated carbocycles. The third-order valence-electron chi connectivity index (χ3n) is 3.53. The van der Waals surface area contributed by atoms with Gasteiger partial charge < -0.3 is 5.32 Å². The van der Waals surface area contributed by atoms with E-state index in [2.05, 4.69) is 15.4 Å². The van der Waals surface area contributed by atoms with Crippen LogP contribution in [0.3, 0.4) is 0 Å². The van der Waals surface area contributed by atoms with E-state index in [4.69, 9.17) is 0 Å². The number of rotatable bonds is 4. The molecule has 2 heterocycles. The molecule has 3 rings (SSSR count). The van der Waals surface area contributed by atoms with Crippen LogP contribution in [0.4, 0.5) is 8.78 Å². The van der Waals surface area contributed by atoms with Crippen molar-refractivity contribution in [2.45, 2.75) is 13.0 Å². The molecule has 0 aliphatic heterocycles. The molecule has 0 bridgehead atoms. The standard InChI is InChI=1S/C17H14F2N4O/c1-11(14-5-4-13(18)9-15(14)19)22-17(24)12-3-6-16(20-10-12)23-8-2-7-21-23/h2-11H,1H3,(H,22,24). The summed E-state index contributed by atoms with van der Waals surface area (Å²) in [7, 11) is 0. The second kappa shape index (κ2) is 6.57. The minimum atomic E-state index is -0.699. The molecule has 0 aliphatic carbocycles. The number of hydrogen-bond acceptors (Lipinski definition) is 3. The molecule has 24 heavy (non-hydrogen) atoms. The Kier molecular flexibility index (Phi) is 4.33. The molecule has 2 aromatic heterocycles. The molecular weight excluding hydrogens is 314 g/mol. The first kappa shape index (κ1) is 15.8. The van der Waals surface area contributed by atoms with E-state index in [1.807, 2.05) is 0 Å². The number of carbonyl (C=O) groups excluding carboxylic acids is 1. The third-order valence-corrected chi connectivity index (χ3v) is 3.53. The van der Waals surface area contributed by atoms with Gasteiger partial charge >= 0.3 is 0 Å². The molecule has 7 heteroatoms. The van der Waals surface area contributed by atoms with Gasteiger partial charge in [-0.2, -0.15) is 5.10 Å². The van der Waals surface area contributed by atoms with Crippen LogP contribution in [0.15, 0.2) is 55.0 Å². The van der Waals surface area contributed by atoms with Gasteiger partial charge in [-0.3, -0.25) is 4.79 Å². The van der Waals surface area contributed by atoms with Crippen LogP contribution >= 0.6 is 0 Å². The van der Waals surface area contributed by atoms with Gasteiger partial charge in [0.2, 0.25) is 0 Å². The molecule has 1 atom stereocenters. The van der Waals surface area contributed by atoms with Crippen molar-refractivity contribution in [3.8, 4) is 5.82 Å². The predicted molar refractivity (Wildman–Crippen MR) is 83.6 cm³/mol. The Labute approximate surface area is 137 Å². The van der Waals surface area contributed by atoms with Crippen LogP contribution in [0.25, 0.3) is 5.82 Å². The molecule has 3 aromatic rings. The largest absolute Gasteiger partial charge is 0.345 e. The predicted octanol–water partition coefficient (Wildman–Crippen LogP) is 3.04. The van der Waals surface area contributed by atoms with Crippen LogP contribution < -0.4 is 5.32 Å². The molecule has 0 saturated heterocycles. The fourth-order valence-electron chi connectivity index (χ4n) is 2.27. The summed E-state index contributed by atoms with van der Waals surface area (Å²) in [5.41, 5.74) is 0.547. The summed E-state index contributed by atoms with van der Waals surface area (Å²) in [4.78, 5) is 16.4. The lowest BCUT2D eigenvalue weighted by Gasteiger charge is -2.15. The highest BCUT2D eigenvalue weighted by Gasteiger charge is 2.15. The Balaban J connectivity index is 1.72. The smallest absolute Gasteiger partial charge is 0.253 e. The molecule has 1 unspecified atom stereocenters. The number of halogens is 2. The van der Waals surface area contributed by atoms with E-state index in [1.165, 1.54) is 12.3 Å². The second-order valence-electron chi connectivity index (χ2n) is 5.22. The second-order valence-corrected chi connectivity index (χ2v) is 5.22. The quantitative estimate of drug-likeness (QED) is 0.801. The Hall–Kier alpha value is -3.09. The van der Waals surface area contributed by atoms with Crippen molar-refractivity contribution >= 4 is 5.91 Å². The van der Waals surface area contributed by atoms with E-state index < -0.39 is 23.6 Å². The lowest BCUT2D eigenvalue weighted by molar-refractivity contribution is 0.0939. The summed E-state index contributed by atoms with van der Waals surface area (Å²) >= 11 is 0. The Bertz CT molecular complexity index is 848. The molecule has 0 radical (unpaired) electrons. The van der Waals surface area contributed by atoms with Crippen LogP contribution in [0.5, 0.6) is 0 Å². The van der Waals surface area contributed by atoms with Gasteiger partial charge in [0, 0.05) is 30.2 Å². The van der Waals surface area contributed by atoms with E-state index >= 15 is 0 Å². The molecule has 0 spiro atoms. The van der Waals surface area contributed by atoms with Gasteiger partial charge in [-0.05, 0) is 31.2 Å². The van der Waals surface area contributed by atoms with E-state index in [0.717, 1.165) is 12.1 Å². The summed E-state index contributed by atoms with van der Waals surface area (Å²) < 4.78 is 28.3. The van der Waals surface area contributed by atoms with Crippen molar-refractivity contribution in [2.75, 3.05) is 0 Å². The van der Waals surface area contributed by atoms with Crippen molar-refractivity contribution < 1.29 is 13.6 Å². The molecule has 1 N–H and O–H groups in total. The number of carbonyl (C=O) groups is 1. The number of amides is 1. The Morgan fingerprint density at radius 2 is 2.08 bits per heavy atom. The van der Waals surface area contributed by atoms with Crippen molar-refractivity contribution in [1.82, 2.24) is 20.1 Å². The lowest BCUT2D eigenvalue weighted by Crippen LogP contribution is -2.27. The van der Waals surface area contributed by atoms with E-state index in [1.54, 1.807) is 42.2 Å². The maximum Gasteiger partial charge on any atom is 0.253 e. The summed E-state index contributed by atoms with van der Waals surface area (Å²) in [6, 6.07) is 7.68. The van der Waals surface area contributed by atoms with Gasteiger partial charge in [-0.1, -0.05) is 6.07 Å². The van der Waals surface area contributed by atoms with Gasteiger partial charge in [0.05, 0.1) is 11.6 Å². The third kappa shape index (κ3) is 3.29. The summed E-state index contributed by atoms with van der Waals surface area (Å²) in [6.45, 7) is 1.62. The van der Waals surface area contributed by atoms with Gasteiger partial charge in [-0.15, -0.1) is 0 Å². The van der Waals surface area contributed by atoms with Gasteiger partial charge in [-0.25, -0.2) is 18.4 Å². The SMILES string of the molecule is CC(NC(=O)c1ccc(-n2cccn2)nc1)c1ccc(F)cc1F. The lowest BCUT2D eigenvalue weighted by atomic mass is 10.1. The van der Waals surface area contributed by atoms with Crippen molar-refractivity contribution in [2.24, 2.45) is 0 Å². The monoisotopic (exact) mass is 328 g/mol. The highest BCUT2D eigenvalue weighted by molar-refractivity contribution is 5.94. The van der Waals surface area contributed by atoms with Crippen molar-refractivity contribution in [1.29, 1.82) is 0 Å². The molecule has 122 valence electrons. The summed E-state index contributed by atoms with van der Waals surface area (Å²) in [5.74, 6) is -1.18. The number of nitrogens with zero attached hydrogens (tertiary/aromatic N) is 3.